The van der Waals surface area contributed by atoms with Gasteiger partial charge in [0.2, 0.25) is 0 Å². The average molecular weight is 211 g/mol. The van der Waals surface area contributed by atoms with Crippen LogP contribution in [0.1, 0.15) is 51.9 Å². The van der Waals surface area contributed by atoms with Crippen molar-refractivity contribution in [3.05, 3.63) is 10.4 Å². The van der Waals surface area contributed by atoms with Crippen molar-refractivity contribution in [3.63, 3.8) is 0 Å². The normalized spacial score (nSPS) is 30.1. The summed E-state index contributed by atoms with van der Waals surface area (Å²) in [6.07, 6.45) is 7.23. The second kappa shape index (κ2) is 5.99. The first-order valence-electron chi connectivity index (χ1n) is 5.96. The van der Waals surface area contributed by atoms with Gasteiger partial charge >= 0.3 is 0 Å². The molecule has 1 fully saturated rings. The van der Waals surface area contributed by atoms with Gasteiger partial charge in [-0.2, -0.15) is 0 Å². The van der Waals surface area contributed by atoms with Gasteiger partial charge in [-0.05, 0) is 37.1 Å². The Kier molecular flexibility index (Phi) is 4.92. The molecule has 0 bridgehead atoms. The lowest BCUT2D eigenvalue weighted by molar-refractivity contribution is 0.227. The second-order valence-electron chi connectivity index (χ2n) is 4.50. The molecule has 1 N–H and O–H groups in total. The number of hydrogen-bond donors (Lipinski definition) is 1. The van der Waals surface area contributed by atoms with E-state index in [4.69, 9.17) is 10.6 Å². The zero-order valence-electron chi connectivity index (χ0n) is 9.52. The second-order valence-corrected chi connectivity index (χ2v) is 4.50. The highest BCUT2D eigenvalue weighted by atomic mass is 16.2. The van der Waals surface area contributed by atoms with Crippen LogP contribution < -0.4 is 0 Å². The van der Waals surface area contributed by atoms with E-state index in [-0.39, 0.29) is 12.1 Å². The predicted octanol–water partition coefficient (Wildman–Crippen LogP) is 3.41. The van der Waals surface area contributed by atoms with E-state index in [2.05, 4.69) is 16.9 Å². The molecule has 1 saturated carbocycles. The lowest BCUT2D eigenvalue weighted by Crippen LogP contribution is -2.30. The molecule has 2 atom stereocenters. The first-order chi connectivity index (χ1) is 7.29. The zero-order valence-corrected chi connectivity index (χ0v) is 9.52. The summed E-state index contributed by atoms with van der Waals surface area (Å²) in [4.78, 5) is 3.02. The van der Waals surface area contributed by atoms with Crippen LogP contribution in [0.15, 0.2) is 5.11 Å². The van der Waals surface area contributed by atoms with Crippen molar-refractivity contribution in [2.75, 3.05) is 6.61 Å². The highest BCUT2D eigenvalue weighted by molar-refractivity contribution is 4.99. The monoisotopic (exact) mass is 211 g/mol. The molecule has 0 aromatic carbocycles. The molecule has 0 spiro atoms. The van der Waals surface area contributed by atoms with Gasteiger partial charge in [0.15, 0.2) is 0 Å². The zero-order chi connectivity index (χ0) is 11.1. The minimum atomic E-state index is -0.187. The molecule has 0 aromatic heterocycles. The van der Waals surface area contributed by atoms with Gasteiger partial charge in [-0.25, -0.2) is 0 Å². The van der Waals surface area contributed by atoms with Crippen molar-refractivity contribution in [1.29, 1.82) is 0 Å². The number of aliphatic hydroxyl groups excluding tert-OH is 1. The Morgan fingerprint density at radius 2 is 2.40 bits per heavy atom. The van der Waals surface area contributed by atoms with Crippen molar-refractivity contribution in [3.8, 4) is 0 Å². The van der Waals surface area contributed by atoms with E-state index in [1.807, 2.05) is 0 Å². The number of rotatable bonds is 6. The Balaban J connectivity index is 2.72. The van der Waals surface area contributed by atoms with Crippen molar-refractivity contribution in [2.45, 2.75) is 57.4 Å². The van der Waals surface area contributed by atoms with Gasteiger partial charge in [-0.15, -0.1) is 0 Å². The maximum Gasteiger partial charge on any atom is 0.0517 e. The van der Waals surface area contributed by atoms with Crippen LogP contribution in [-0.2, 0) is 0 Å². The van der Waals surface area contributed by atoms with Crippen LogP contribution >= 0.6 is 0 Å². The summed E-state index contributed by atoms with van der Waals surface area (Å²) in [5, 5.41) is 13.0. The van der Waals surface area contributed by atoms with Crippen LogP contribution in [0.3, 0.4) is 0 Å². The minimum Gasteiger partial charge on any atom is -0.396 e. The van der Waals surface area contributed by atoms with E-state index < -0.39 is 0 Å². The molecule has 4 nitrogen and oxygen atoms in total. The van der Waals surface area contributed by atoms with Gasteiger partial charge in [-0.3, -0.25) is 0 Å². The van der Waals surface area contributed by atoms with E-state index in [0.29, 0.717) is 5.92 Å². The molecule has 1 rings (SSSR count). The molecule has 0 radical (unpaired) electrons. The maximum atomic E-state index is 8.89. The van der Waals surface area contributed by atoms with Crippen LogP contribution in [-0.4, -0.2) is 17.3 Å². The molecule has 0 heterocycles. The van der Waals surface area contributed by atoms with Gasteiger partial charge in [0.1, 0.15) is 0 Å². The van der Waals surface area contributed by atoms with Crippen molar-refractivity contribution < 1.29 is 5.11 Å². The van der Waals surface area contributed by atoms with Gasteiger partial charge < -0.3 is 5.11 Å². The summed E-state index contributed by atoms with van der Waals surface area (Å²) in [5.41, 5.74) is 8.49. The van der Waals surface area contributed by atoms with Crippen LogP contribution in [0.5, 0.6) is 0 Å². The van der Waals surface area contributed by atoms with Crippen LogP contribution in [0.2, 0.25) is 0 Å². The molecule has 86 valence electrons. The fourth-order valence-electron chi connectivity index (χ4n) is 2.87. The number of aliphatic hydroxyl groups is 1. The lowest BCUT2D eigenvalue weighted by Gasteiger charge is -2.30. The van der Waals surface area contributed by atoms with Crippen LogP contribution in [0.25, 0.3) is 10.4 Å². The van der Waals surface area contributed by atoms with Gasteiger partial charge in [-0.1, -0.05) is 31.3 Å². The van der Waals surface area contributed by atoms with Crippen LogP contribution in [0.4, 0.5) is 0 Å². The number of azide groups is 1. The van der Waals surface area contributed by atoms with E-state index >= 15 is 0 Å². The van der Waals surface area contributed by atoms with Crippen molar-refractivity contribution >= 4 is 0 Å². The van der Waals surface area contributed by atoms with E-state index in [0.717, 1.165) is 38.5 Å². The summed E-state index contributed by atoms with van der Waals surface area (Å²) in [7, 11) is 0. The quantitative estimate of drug-likeness (QED) is 0.408. The number of nitrogens with zero attached hydrogens (tertiary/aromatic N) is 3. The van der Waals surface area contributed by atoms with Gasteiger partial charge in [0, 0.05) is 11.5 Å². The minimum absolute atomic E-state index is 0.187. The van der Waals surface area contributed by atoms with Crippen LogP contribution in [0, 0.1) is 5.92 Å². The highest BCUT2D eigenvalue weighted by Gasteiger charge is 2.40. The molecular weight excluding hydrogens is 190 g/mol. The number of hydrogen-bond acceptors (Lipinski definition) is 2. The third-order valence-electron chi connectivity index (χ3n) is 3.57. The molecule has 4 heteroatoms. The molecule has 0 amide bonds. The predicted molar refractivity (Wildman–Crippen MR) is 60.4 cm³/mol. The highest BCUT2D eigenvalue weighted by Crippen LogP contribution is 2.44. The Morgan fingerprint density at radius 3 is 3.00 bits per heavy atom. The Labute approximate surface area is 91.3 Å². The topological polar surface area (TPSA) is 69.0 Å². The summed E-state index contributed by atoms with van der Waals surface area (Å²) in [6.45, 7) is 2.37. The van der Waals surface area contributed by atoms with Crippen molar-refractivity contribution in [1.82, 2.24) is 0 Å². The molecule has 0 saturated heterocycles. The molecular formula is C11H21N3O. The van der Waals surface area contributed by atoms with Gasteiger partial charge in [0.05, 0.1) is 5.54 Å². The summed E-state index contributed by atoms with van der Waals surface area (Å²) >= 11 is 0. The molecule has 0 aromatic rings. The first-order valence-corrected chi connectivity index (χ1v) is 5.96. The molecule has 1 unspecified atom stereocenters. The molecule has 15 heavy (non-hydrogen) atoms. The average Bonchev–Trinajstić information content (AvgIpc) is 2.61. The summed E-state index contributed by atoms with van der Waals surface area (Å²) in [5.74, 6) is 0.532. The Bertz CT molecular complexity index is 238. The third kappa shape index (κ3) is 2.86. The smallest absolute Gasteiger partial charge is 0.0517 e. The molecule has 1 aliphatic carbocycles. The largest absolute Gasteiger partial charge is 0.396 e. The fourth-order valence-corrected chi connectivity index (χ4v) is 2.87. The summed E-state index contributed by atoms with van der Waals surface area (Å²) < 4.78 is 0. The summed E-state index contributed by atoms with van der Waals surface area (Å²) in [6, 6.07) is 0. The van der Waals surface area contributed by atoms with E-state index in [1.165, 1.54) is 6.42 Å². The first kappa shape index (κ1) is 12.3. The SMILES string of the molecule is CCC[C@@H]1CCCC1(CCCO)N=[N+]=[N-]. The molecule has 0 aliphatic heterocycles. The Hall–Kier alpha value is -0.730. The fraction of sp³-hybridized carbons (Fsp3) is 1.00. The van der Waals surface area contributed by atoms with Crippen molar-refractivity contribution in [2.24, 2.45) is 11.0 Å². The van der Waals surface area contributed by atoms with E-state index in [1.54, 1.807) is 0 Å². The van der Waals surface area contributed by atoms with E-state index in [9.17, 15) is 0 Å². The lowest BCUT2D eigenvalue weighted by atomic mass is 9.81. The maximum absolute atomic E-state index is 8.89. The Morgan fingerprint density at radius 1 is 1.60 bits per heavy atom. The third-order valence-corrected chi connectivity index (χ3v) is 3.57. The van der Waals surface area contributed by atoms with Gasteiger partial charge in [0.25, 0.3) is 0 Å². The molecule has 1 aliphatic rings. The standard InChI is InChI=1S/C11H21N3O/c1-2-5-10-6-3-7-11(10,13-14-12)8-4-9-15/h10,15H,2-9H2,1H3/t10-,11?/m1/s1.